The molecule has 0 atom stereocenters. The molecule has 7 heteroatoms. The number of aromatic nitrogens is 1. The van der Waals surface area contributed by atoms with Crippen LogP contribution in [0.4, 0.5) is 23.2 Å². The molecule has 2 heterocycles. The number of anilines is 1. The quantitative estimate of drug-likeness (QED) is 0.628. The fourth-order valence-electron chi connectivity index (χ4n) is 2.57. The van der Waals surface area contributed by atoms with Gasteiger partial charge in [0.25, 0.3) is 11.9 Å². The van der Waals surface area contributed by atoms with Crippen LogP contribution in [0.2, 0.25) is 0 Å². The lowest BCUT2D eigenvalue weighted by molar-refractivity contribution is 0.246. The van der Waals surface area contributed by atoms with Gasteiger partial charge in [-0.2, -0.15) is 22.5 Å². The zero-order valence-corrected chi connectivity index (χ0v) is 10.9. The van der Waals surface area contributed by atoms with Gasteiger partial charge in [0.05, 0.1) is 0 Å². The van der Waals surface area contributed by atoms with Crippen LogP contribution in [0.1, 0.15) is 12.8 Å². The van der Waals surface area contributed by atoms with E-state index in [0.29, 0.717) is 26.2 Å². The van der Waals surface area contributed by atoms with E-state index >= 15 is 0 Å². The molecule has 0 N–H and O–H groups in total. The van der Waals surface area contributed by atoms with E-state index in [-0.39, 0.29) is 0 Å². The zero-order chi connectivity index (χ0) is 14.3. The van der Waals surface area contributed by atoms with Crippen LogP contribution in [-0.2, 0) is 0 Å². The third-order valence-electron chi connectivity index (χ3n) is 3.88. The molecule has 0 amide bonds. The van der Waals surface area contributed by atoms with Crippen LogP contribution >= 0.6 is 0 Å². The molecule has 0 radical (unpaired) electrons. The molecule has 0 aromatic carbocycles. The van der Waals surface area contributed by atoms with Crippen molar-refractivity contribution in [2.24, 2.45) is 5.92 Å². The topological polar surface area (TPSA) is 19.4 Å². The summed E-state index contributed by atoms with van der Waals surface area (Å²) in [6, 6.07) is 0. The summed E-state index contributed by atoms with van der Waals surface area (Å²) in [5, 5.41) is 0. The van der Waals surface area contributed by atoms with Crippen LogP contribution in [0.25, 0.3) is 0 Å². The van der Waals surface area contributed by atoms with Gasteiger partial charge in [-0.1, -0.05) is 0 Å². The number of halogens is 4. The lowest BCUT2D eigenvalue weighted by Gasteiger charge is -2.36. The van der Waals surface area contributed by atoms with Crippen LogP contribution in [0.5, 0.6) is 0 Å². The molecule has 20 heavy (non-hydrogen) atoms. The first kappa shape index (κ1) is 13.6. The van der Waals surface area contributed by atoms with Crippen molar-refractivity contribution in [1.82, 2.24) is 9.88 Å². The average molecular weight is 289 g/mol. The molecule has 3 nitrogen and oxygen atoms in total. The summed E-state index contributed by atoms with van der Waals surface area (Å²) in [5.74, 6) is -5.29. The van der Waals surface area contributed by atoms with Crippen LogP contribution < -0.4 is 4.90 Å². The van der Waals surface area contributed by atoms with Crippen molar-refractivity contribution in [3.8, 4) is 0 Å². The minimum atomic E-state index is -1.60. The highest BCUT2D eigenvalue weighted by Crippen LogP contribution is 2.31. The summed E-state index contributed by atoms with van der Waals surface area (Å²) < 4.78 is 53.5. The van der Waals surface area contributed by atoms with Crippen molar-refractivity contribution in [3.05, 3.63) is 23.5 Å². The first-order chi connectivity index (χ1) is 9.56. The highest BCUT2D eigenvalue weighted by atomic mass is 19.2. The molecule has 110 valence electrons. The summed E-state index contributed by atoms with van der Waals surface area (Å²) in [7, 11) is 0. The standard InChI is InChI=1S/C13H15F4N3/c14-9-11(10(15)13(17)18-12(9)16)20-5-3-19(4-6-20)7-8-1-2-8/h8H,1-7H2. The predicted octanol–water partition coefficient (Wildman–Crippen LogP) is 2.17. The Labute approximate surface area is 114 Å². The zero-order valence-electron chi connectivity index (χ0n) is 10.9. The van der Waals surface area contributed by atoms with Crippen molar-refractivity contribution < 1.29 is 17.6 Å². The molecule has 2 aliphatic rings. The SMILES string of the molecule is Fc1nc(F)c(F)c(N2CCN(CC3CC3)CC2)c1F. The Morgan fingerprint density at radius 1 is 0.900 bits per heavy atom. The van der Waals surface area contributed by atoms with Gasteiger partial charge in [0.2, 0.25) is 11.6 Å². The molecule has 0 unspecified atom stereocenters. The number of hydrogen-bond donors (Lipinski definition) is 0. The van der Waals surface area contributed by atoms with Gasteiger partial charge in [0.15, 0.2) is 0 Å². The Bertz CT molecular complexity index is 485. The molecule has 1 aromatic heterocycles. The number of piperazine rings is 1. The van der Waals surface area contributed by atoms with E-state index in [9.17, 15) is 17.6 Å². The summed E-state index contributed by atoms with van der Waals surface area (Å²) in [5.41, 5.74) is -0.638. The Hall–Kier alpha value is -1.37. The molecular formula is C13H15F4N3. The molecule has 2 fully saturated rings. The Kier molecular flexibility index (Phi) is 3.54. The van der Waals surface area contributed by atoms with Gasteiger partial charge in [-0.05, 0) is 18.8 Å². The number of rotatable bonds is 3. The lowest BCUT2D eigenvalue weighted by Crippen LogP contribution is -2.47. The summed E-state index contributed by atoms with van der Waals surface area (Å²) in [6.07, 6.45) is 2.48. The van der Waals surface area contributed by atoms with Crippen LogP contribution in [0.3, 0.4) is 0 Å². The van der Waals surface area contributed by atoms with E-state index in [0.717, 1.165) is 12.5 Å². The molecule has 1 aliphatic carbocycles. The van der Waals surface area contributed by atoms with Gasteiger partial charge < -0.3 is 4.90 Å². The van der Waals surface area contributed by atoms with Crippen LogP contribution in [0.15, 0.2) is 0 Å². The summed E-state index contributed by atoms with van der Waals surface area (Å²) in [6.45, 7) is 2.98. The second kappa shape index (κ2) is 5.20. The van der Waals surface area contributed by atoms with E-state index in [1.807, 2.05) is 0 Å². The largest absolute Gasteiger partial charge is 0.364 e. The molecule has 1 saturated heterocycles. The van der Waals surface area contributed by atoms with Crippen molar-refractivity contribution in [2.75, 3.05) is 37.6 Å². The minimum absolute atomic E-state index is 0.351. The van der Waals surface area contributed by atoms with Crippen molar-refractivity contribution in [3.63, 3.8) is 0 Å². The lowest BCUT2D eigenvalue weighted by atomic mass is 10.2. The van der Waals surface area contributed by atoms with Gasteiger partial charge in [-0.3, -0.25) is 4.90 Å². The maximum Gasteiger partial charge on any atom is 0.253 e. The maximum atomic E-state index is 13.6. The molecule has 1 aromatic rings. The molecule has 0 bridgehead atoms. The smallest absolute Gasteiger partial charge is 0.253 e. The number of pyridine rings is 1. The van der Waals surface area contributed by atoms with E-state index in [4.69, 9.17) is 0 Å². The molecule has 0 spiro atoms. The number of nitrogens with zero attached hydrogens (tertiary/aromatic N) is 3. The first-order valence-electron chi connectivity index (χ1n) is 6.73. The Morgan fingerprint density at radius 3 is 1.95 bits per heavy atom. The third kappa shape index (κ3) is 2.59. The van der Waals surface area contributed by atoms with Gasteiger partial charge >= 0.3 is 0 Å². The molecule has 1 aliphatic heterocycles. The molecule has 3 rings (SSSR count). The first-order valence-corrected chi connectivity index (χ1v) is 6.73. The minimum Gasteiger partial charge on any atom is -0.364 e. The fraction of sp³-hybridized carbons (Fsp3) is 0.615. The summed E-state index contributed by atoms with van der Waals surface area (Å²) in [4.78, 5) is 6.14. The van der Waals surface area contributed by atoms with Crippen molar-refractivity contribution >= 4 is 5.69 Å². The van der Waals surface area contributed by atoms with Gasteiger partial charge in [-0.25, -0.2) is 0 Å². The highest BCUT2D eigenvalue weighted by Gasteiger charge is 2.30. The second-order valence-electron chi connectivity index (χ2n) is 5.40. The van der Waals surface area contributed by atoms with E-state index in [2.05, 4.69) is 9.88 Å². The monoisotopic (exact) mass is 289 g/mol. The van der Waals surface area contributed by atoms with Crippen molar-refractivity contribution in [1.29, 1.82) is 0 Å². The van der Waals surface area contributed by atoms with E-state index in [1.165, 1.54) is 17.7 Å². The van der Waals surface area contributed by atoms with Gasteiger partial charge in [0.1, 0.15) is 5.69 Å². The van der Waals surface area contributed by atoms with Gasteiger partial charge in [-0.15, -0.1) is 0 Å². The van der Waals surface area contributed by atoms with Crippen LogP contribution in [-0.4, -0.2) is 42.6 Å². The van der Waals surface area contributed by atoms with E-state index in [1.54, 1.807) is 0 Å². The molecular weight excluding hydrogens is 274 g/mol. The highest BCUT2D eigenvalue weighted by molar-refractivity contribution is 5.49. The molecule has 1 saturated carbocycles. The van der Waals surface area contributed by atoms with Crippen molar-refractivity contribution in [2.45, 2.75) is 12.8 Å². The second-order valence-corrected chi connectivity index (χ2v) is 5.40. The number of hydrogen-bond acceptors (Lipinski definition) is 3. The fourth-order valence-corrected chi connectivity index (χ4v) is 2.57. The average Bonchev–Trinajstić information content (AvgIpc) is 3.23. The normalized spacial score (nSPS) is 20.5. The Morgan fingerprint density at radius 2 is 1.45 bits per heavy atom. The van der Waals surface area contributed by atoms with Gasteiger partial charge in [0, 0.05) is 32.7 Å². The third-order valence-corrected chi connectivity index (χ3v) is 3.88. The van der Waals surface area contributed by atoms with Crippen LogP contribution in [0, 0.1) is 29.4 Å². The summed E-state index contributed by atoms with van der Waals surface area (Å²) >= 11 is 0. The maximum absolute atomic E-state index is 13.6. The predicted molar refractivity (Wildman–Crippen MR) is 65.4 cm³/mol. The Balaban J connectivity index is 1.74. The van der Waals surface area contributed by atoms with E-state index < -0.39 is 29.2 Å².